The second-order valence-electron chi connectivity index (χ2n) is 6.32. The van der Waals surface area contributed by atoms with Crippen LogP contribution >= 0.6 is 0 Å². The minimum absolute atomic E-state index is 0.0482. The number of rotatable bonds is 5. The Morgan fingerprint density at radius 2 is 1.71 bits per heavy atom. The molecular weight excluding hydrogens is 266 g/mol. The minimum Gasteiger partial charge on any atom is -0.497 e. The maximum Gasteiger partial charge on any atom is 0.231 e. The van der Waals surface area contributed by atoms with E-state index in [-0.39, 0.29) is 29.8 Å². The van der Waals surface area contributed by atoms with E-state index in [4.69, 9.17) is 4.74 Å². The lowest BCUT2D eigenvalue weighted by molar-refractivity contribution is -0.172. The van der Waals surface area contributed by atoms with Crippen molar-refractivity contribution in [2.24, 2.45) is 11.8 Å². The van der Waals surface area contributed by atoms with Crippen LogP contribution in [0.2, 0.25) is 0 Å². The smallest absolute Gasteiger partial charge is 0.231 e. The average molecular weight is 291 g/mol. The van der Waals surface area contributed by atoms with Crippen LogP contribution in [0, 0.1) is 11.8 Å². The van der Waals surface area contributed by atoms with E-state index in [1.165, 1.54) is 0 Å². The first kappa shape index (κ1) is 15.8. The summed E-state index contributed by atoms with van der Waals surface area (Å²) in [5.74, 6) is 0.559. The fourth-order valence-corrected chi connectivity index (χ4v) is 3.03. The largest absolute Gasteiger partial charge is 0.497 e. The lowest BCUT2D eigenvalue weighted by Crippen LogP contribution is -2.62. The summed E-state index contributed by atoms with van der Waals surface area (Å²) in [6, 6.07) is 7.82. The predicted molar refractivity (Wildman–Crippen MR) is 82.1 cm³/mol. The van der Waals surface area contributed by atoms with Gasteiger partial charge in [0, 0.05) is 6.04 Å². The molecule has 0 radical (unpaired) electrons. The second-order valence-corrected chi connectivity index (χ2v) is 6.32. The molecule has 0 aromatic heterocycles. The van der Waals surface area contributed by atoms with Gasteiger partial charge in [-0.05, 0) is 37.5 Å². The Bertz CT molecular complexity index is 495. The number of benzene rings is 1. The normalized spacial score (nSPS) is 23.4. The number of carbonyl (C=O) groups excluding carboxylic acids is 1. The summed E-state index contributed by atoms with van der Waals surface area (Å²) in [5.41, 5.74) is 1.05. The van der Waals surface area contributed by atoms with Gasteiger partial charge in [-0.1, -0.05) is 26.0 Å². The van der Waals surface area contributed by atoms with Gasteiger partial charge in [-0.2, -0.15) is 0 Å². The SMILES string of the molecule is COc1ccc([C@@H]2[C@H]([C@H](O)C(C)C)C(=O)N2C(C)C)cc1. The molecule has 21 heavy (non-hydrogen) atoms. The third-order valence-electron chi connectivity index (χ3n) is 4.24. The molecule has 4 nitrogen and oxygen atoms in total. The van der Waals surface area contributed by atoms with Crippen molar-refractivity contribution in [3.8, 4) is 5.75 Å². The molecule has 1 saturated heterocycles. The zero-order valence-corrected chi connectivity index (χ0v) is 13.4. The molecule has 0 saturated carbocycles. The van der Waals surface area contributed by atoms with Crippen molar-refractivity contribution in [3.63, 3.8) is 0 Å². The molecule has 0 aliphatic carbocycles. The lowest BCUT2D eigenvalue weighted by Gasteiger charge is -2.52. The number of methoxy groups -OCH3 is 1. The number of nitrogens with zero attached hydrogens (tertiary/aromatic N) is 1. The van der Waals surface area contributed by atoms with Gasteiger partial charge in [0.2, 0.25) is 5.91 Å². The van der Waals surface area contributed by atoms with E-state index < -0.39 is 6.10 Å². The molecular formula is C17H25NO3. The first-order valence-electron chi connectivity index (χ1n) is 7.52. The second kappa shape index (κ2) is 6.06. The summed E-state index contributed by atoms with van der Waals surface area (Å²) in [5, 5.41) is 10.4. The maximum atomic E-state index is 12.4. The number of β-lactam (4-membered cyclic amide) rings is 1. The van der Waals surface area contributed by atoms with Crippen molar-refractivity contribution in [2.45, 2.75) is 45.9 Å². The fourth-order valence-electron chi connectivity index (χ4n) is 3.03. The number of likely N-dealkylation sites (tertiary alicyclic amines) is 1. The van der Waals surface area contributed by atoms with Gasteiger partial charge in [-0.25, -0.2) is 0 Å². The number of aliphatic hydroxyl groups excluding tert-OH is 1. The molecule has 2 rings (SSSR count). The van der Waals surface area contributed by atoms with E-state index in [9.17, 15) is 9.90 Å². The maximum absolute atomic E-state index is 12.4. The highest BCUT2D eigenvalue weighted by molar-refractivity contribution is 5.87. The molecule has 1 aliphatic rings. The zero-order chi connectivity index (χ0) is 15.7. The number of hydrogen-bond donors (Lipinski definition) is 1. The number of carbonyl (C=O) groups is 1. The molecule has 1 N–H and O–H groups in total. The van der Waals surface area contributed by atoms with Crippen LogP contribution in [0.25, 0.3) is 0 Å². The van der Waals surface area contributed by atoms with E-state index >= 15 is 0 Å². The molecule has 4 heteroatoms. The Labute approximate surface area is 126 Å². The number of amides is 1. The monoisotopic (exact) mass is 291 g/mol. The van der Waals surface area contributed by atoms with Crippen molar-refractivity contribution in [1.29, 1.82) is 0 Å². The predicted octanol–water partition coefficient (Wildman–Crippen LogP) is 2.62. The van der Waals surface area contributed by atoms with Crippen LogP contribution in [-0.2, 0) is 4.79 Å². The molecule has 1 aromatic rings. The quantitative estimate of drug-likeness (QED) is 0.848. The Morgan fingerprint density at radius 1 is 1.14 bits per heavy atom. The van der Waals surface area contributed by atoms with Gasteiger partial charge in [0.1, 0.15) is 5.75 Å². The van der Waals surface area contributed by atoms with Crippen LogP contribution < -0.4 is 4.74 Å². The van der Waals surface area contributed by atoms with Crippen molar-refractivity contribution in [1.82, 2.24) is 4.90 Å². The van der Waals surface area contributed by atoms with Gasteiger partial charge < -0.3 is 14.7 Å². The van der Waals surface area contributed by atoms with E-state index in [1.54, 1.807) is 7.11 Å². The van der Waals surface area contributed by atoms with Crippen molar-refractivity contribution in [3.05, 3.63) is 29.8 Å². The van der Waals surface area contributed by atoms with Gasteiger partial charge in [0.15, 0.2) is 0 Å². The average Bonchev–Trinajstić information content (AvgIpc) is 2.44. The minimum atomic E-state index is -0.611. The fraction of sp³-hybridized carbons (Fsp3) is 0.588. The summed E-state index contributed by atoms with van der Waals surface area (Å²) < 4.78 is 5.18. The zero-order valence-electron chi connectivity index (χ0n) is 13.4. The first-order valence-corrected chi connectivity index (χ1v) is 7.52. The number of ether oxygens (including phenoxy) is 1. The highest BCUT2D eigenvalue weighted by Gasteiger charge is 2.52. The number of hydrogen-bond acceptors (Lipinski definition) is 3. The molecule has 0 unspecified atom stereocenters. The van der Waals surface area contributed by atoms with E-state index in [2.05, 4.69) is 0 Å². The molecule has 1 amide bonds. The standard InChI is InChI=1S/C17H25NO3/c1-10(2)16(19)14-15(18(11(3)4)17(14)20)12-6-8-13(21-5)9-7-12/h6-11,14-16,19H,1-5H3/t14-,15-,16-/m1/s1. The molecule has 0 bridgehead atoms. The highest BCUT2D eigenvalue weighted by Crippen LogP contribution is 2.45. The van der Waals surface area contributed by atoms with E-state index in [1.807, 2.05) is 56.9 Å². The van der Waals surface area contributed by atoms with Crippen LogP contribution in [0.15, 0.2) is 24.3 Å². The van der Waals surface area contributed by atoms with Crippen LogP contribution in [-0.4, -0.2) is 35.2 Å². The molecule has 1 aliphatic heterocycles. The van der Waals surface area contributed by atoms with Gasteiger partial charge in [0.05, 0.1) is 25.2 Å². The third-order valence-corrected chi connectivity index (χ3v) is 4.24. The topological polar surface area (TPSA) is 49.8 Å². The van der Waals surface area contributed by atoms with Crippen molar-refractivity contribution < 1.29 is 14.6 Å². The van der Waals surface area contributed by atoms with Crippen molar-refractivity contribution >= 4 is 5.91 Å². The summed E-state index contributed by atoms with van der Waals surface area (Å²) >= 11 is 0. The Balaban J connectivity index is 2.31. The molecule has 3 atom stereocenters. The number of aliphatic hydroxyl groups is 1. The lowest BCUT2D eigenvalue weighted by atomic mass is 9.75. The van der Waals surface area contributed by atoms with Gasteiger partial charge in [0.25, 0.3) is 0 Å². The van der Waals surface area contributed by atoms with Crippen LogP contribution in [0.3, 0.4) is 0 Å². The van der Waals surface area contributed by atoms with Gasteiger partial charge in [-0.3, -0.25) is 4.79 Å². The Kier molecular flexibility index (Phi) is 4.57. The van der Waals surface area contributed by atoms with Gasteiger partial charge in [-0.15, -0.1) is 0 Å². The van der Waals surface area contributed by atoms with Crippen molar-refractivity contribution in [2.75, 3.05) is 7.11 Å². The molecule has 116 valence electrons. The first-order chi connectivity index (χ1) is 9.88. The summed E-state index contributed by atoms with van der Waals surface area (Å²) in [4.78, 5) is 14.3. The molecule has 1 fully saturated rings. The summed E-state index contributed by atoms with van der Waals surface area (Å²) in [7, 11) is 1.63. The molecule has 1 heterocycles. The summed E-state index contributed by atoms with van der Waals surface area (Å²) in [6.07, 6.45) is -0.611. The van der Waals surface area contributed by atoms with E-state index in [0.29, 0.717) is 0 Å². The summed E-state index contributed by atoms with van der Waals surface area (Å²) in [6.45, 7) is 7.90. The Morgan fingerprint density at radius 3 is 2.14 bits per heavy atom. The third kappa shape index (κ3) is 2.77. The van der Waals surface area contributed by atoms with Crippen LogP contribution in [0.5, 0.6) is 5.75 Å². The Hall–Kier alpha value is -1.55. The van der Waals surface area contributed by atoms with Gasteiger partial charge >= 0.3 is 0 Å². The van der Waals surface area contributed by atoms with Crippen LogP contribution in [0.4, 0.5) is 0 Å². The van der Waals surface area contributed by atoms with E-state index in [0.717, 1.165) is 11.3 Å². The van der Waals surface area contributed by atoms with Crippen LogP contribution in [0.1, 0.15) is 39.3 Å². The molecule has 0 spiro atoms. The highest BCUT2D eigenvalue weighted by atomic mass is 16.5. The molecule has 1 aromatic carbocycles.